The Balaban J connectivity index is 0.000000345. The molecule has 0 aliphatic heterocycles. The summed E-state index contributed by atoms with van der Waals surface area (Å²) in [5, 5.41) is 1.33. The molecule has 0 radical (unpaired) electrons. The summed E-state index contributed by atoms with van der Waals surface area (Å²) in [5.74, 6) is 2.66. The van der Waals surface area contributed by atoms with Crippen LogP contribution in [0.3, 0.4) is 0 Å². The number of fused-ring (bicyclic) bond motifs is 1. The molecule has 0 fully saturated rings. The molecule has 1 aromatic heterocycles. The number of para-hydroxylation sites is 1. The molecular formula is C46H62BNO3. The third-order valence-corrected chi connectivity index (χ3v) is 10.6. The minimum Gasteiger partial charge on any atom is -0.497 e. The first-order chi connectivity index (χ1) is 25.1. The number of unbranched alkanes of at least 4 members (excludes halogenated alkanes) is 10. The van der Waals surface area contributed by atoms with Gasteiger partial charge >= 0.3 is 0 Å². The maximum absolute atomic E-state index is 5.49. The molecule has 272 valence electrons. The van der Waals surface area contributed by atoms with Crippen molar-refractivity contribution in [2.45, 2.75) is 104 Å². The Morgan fingerprint density at radius 1 is 0.451 bits per heavy atom. The second-order valence-electron chi connectivity index (χ2n) is 13.9. The molecule has 1 heterocycles. The third-order valence-electron chi connectivity index (χ3n) is 10.6. The summed E-state index contributed by atoms with van der Waals surface area (Å²) in [6.45, 7) is 5.63. The lowest BCUT2D eigenvalue weighted by Crippen LogP contribution is -2.66. The Morgan fingerprint density at radius 2 is 0.863 bits per heavy atom. The minimum atomic E-state index is -1.18. The van der Waals surface area contributed by atoms with Gasteiger partial charge in [-0.1, -0.05) is 133 Å². The van der Waals surface area contributed by atoms with Gasteiger partial charge in [0.2, 0.25) is 5.52 Å². The zero-order chi connectivity index (χ0) is 36.2. The molecule has 5 rings (SSSR count). The van der Waals surface area contributed by atoms with Crippen molar-refractivity contribution in [1.29, 1.82) is 0 Å². The van der Waals surface area contributed by atoms with Gasteiger partial charge in [-0.15, -0.1) is 0 Å². The zero-order valence-electron chi connectivity index (χ0n) is 32.1. The lowest BCUT2D eigenvalue weighted by atomic mass is 9.14. The highest BCUT2D eigenvalue weighted by molar-refractivity contribution is 7.11. The molecule has 5 heteroatoms. The summed E-state index contributed by atoms with van der Waals surface area (Å²) in [5.41, 5.74) is 5.36. The van der Waals surface area contributed by atoms with Crippen LogP contribution in [0, 0.1) is 0 Å². The Hall–Kier alpha value is -4.25. The molecule has 0 spiro atoms. The molecule has 4 nitrogen and oxygen atoms in total. The first-order valence-electron chi connectivity index (χ1n) is 19.6. The molecule has 0 amide bonds. The highest BCUT2D eigenvalue weighted by Crippen LogP contribution is 2.22. The highest BCUT2D eigenvalue weighted by Gasteiger charge is 2.30. The van der Waals surface area contributed by atoms with Gasteiger partial charge in [0.1, 0.15) is 23.8 Å². The van der Waals surface area contributed by atoms with Gasteiger partial charge in [-0.2, -0.15) is 27.3 Å². The topological polar surface area (TPSA) is 31.6 Å². The van der Waals surface area contributed by atoms with E-state index in [-0.39, 0.29) is 0 Å². The van der Waals surface area contributed by atoms with E-state index in [1.807, 2.05) is 0 Å². The van der Waals surface area contributed by atoms with Gasteiger partial charge in [0, 0.05) is 23.9 Å². The van der Waals surface area contributed by atoms with Crippen LogP contribution in [0.4, 0.5) is 0 Å². The predicted octanol–water partition coefficient (Wildman–Crippen LogP) is 10.0. The molecule has 5 aromatic rings. The molecule has 0 atom stereocenters. The average molecular weight is 688 g/mol. The van der Waals surface area contributed by atoms with Crippen LogP contribution in [0.25, 0.3) is 10.9 Å². The maximum atomic E-state index is 5.49. The van der Waals surface area contributed by atoms with E-state index in [0.29, 0.717) is 0 Å². The molecule has 51 heavy (non-hydrogen) atoms. The van der Waals surface area contributed by atoms with Crippen LogP contribution in [0.5, 0.6) is 17.2 Å². The van der Waals surface area contributed by atoms with Gasteiger partial charge in [0.05, 0.1) is 27.5 Å². The number of rotatable bonds is 20. The van der Waals surface area contributed by atoms with Crippen LogP contribution < -0.4 is 35.2 Å². The molecule has 0 saturated carbocycles. The number of aryl methyl sites for hydroxylation is 1. The Bertz CT molecular complexity index is 1550. The quantitative estimate of drug-likeness (QED) is 0.0464. The molecule has 0 aliphatic rings. The molecule has 4 aromatic carbocycles. The fourth-order valence-corrected chi connectivity index (χ4v) is 7.56. The second kappa shape index (κ2) is 21.9. The number of hydrogen-bond donors (Lipinski definition) is 0. The Kier molecular flexibility index (Phi) is 16.9. The third kappa shape index (κ3) is 11.4. The standard InChI is InChI=1S/C33H46BO3.C13H16N/c1-5-6-7-8-9-10-11-12-13-14-27-34(28-15-21-31(35-2)22-16-28,29-17-23-32(36-3)24-18-29)30-19-25-33(37-4)26-20-30;1-2-3-10-14-11-6-8-12-7-4-5-9-13(12)14/h15-26H,5-14,27H2,1-4H3;4-9,11H,2-3,10H2,1H3/q-1;+1. The number of hydrogen-bond acceptors (Lipinski definition) is 3. The lowest BCUT2D eigenvalue weighted by molar-refractivity contribution is -0.671. The summed E-state index contributed by atoms with van der Waals surface area (Å²) in [4.78, 5) is 0. The smallest absolute Gasteiger partial charge is 0.212 e. The number of pyridine rings is 1. The molecule has 0 N–H and O–H groups in total. The summed E-state index contributed by atoms with van der Waals surface area (Å²) in [6, 6.07) is 38.9. The van der Waals surface area contributed by atoms with E-state index < -0.39 is 6.15 Å². The molecule has 0 aliphatic carbocycles. The van der Waals surface area contributed by atoms with Crippen molar-refractivity contribution in [1.82, 2.24) is 0 Å². The molecule has 0 bridgehead atoms. The van der Waals surface area contributed by atoms with Crippen molar-refractivity contribution in [3.8, 4) is 17.2 Å². The molecule has 0 saturated heterocycles. The van der Waals surface area contributed by atoms with Gasteiger partial charge in [-0.3, -0.25) is 0 Å². The zero-order valence-corrected chi connectivity index (χ0v) is 32.1. The van der Waals surface area contributed by atoms with Crippen molar-refractivity contribution in [2.24, 2.45) is 0 Å². The second-order valence-corrected chi connectivity index (χ2v) is 13.9. The molecule has 0 unspecified atom stereocenters. The SMILES string of the molecule is CCCCCCCCCCCC[B-](c1ccc(OC)cc1)(c1ccc(OC)cc1)c1ccc(OC)cc1.CCCC[n+]1cccc2ccccc21. The van der Waals surface area contributed by atoms with Gasteiger partial charge in [0.15, 0.2) is 6.20 Å². The average Bonchev–Trinajstić information content (AvgIpc) is 3.20. The van der Waals surface area contributed by atoms with Crippen LogP contribution in [0.1, 0.15) is 90.9 Å². The first-order valence-corrected chi connectivity index (χ1v) is 19.6. The van der Waals surface area contributed by atoms with E-state index in [2.05, 4.69) is 134 Å². The van der Waals surface area contributed by atoms with Crippen molar-refractivity contribution >= 4 is 33.4 Å². The van der Waals surface area contributed by atoms with E-state index in [9.17, 15) is 0 Å². The van der Waals surface area contributed by atoms with Crippen LogP contribution >= 0.6 is 0 Å². The number of ether oxygens (including phenoxy) is 3. The van der Waals surface area contributed by atoms with E-state index in [1.165, 1.54) is 104 Å². The van der Waals surface area contributed by atoms with Crippen molar-refractivity contribution < 1.29 is 18.8 Å². The van der Waals surface area contributed by atoms with Crippen LogP contribution in [0.2, 0.25) is 6.32 Å². The monoisotopic (exact) mass is 687 g/mol. The Morgan fingerprint density at radius 3 is 1.31 bits per heavy atom. The van der Waals surface area contributed by atoms with Gasteiger partial charge < -0.3 is 14.2 Å². The highest BCUT2D eigenvalue weighted by atomic mass is 16.5. The van der Waals surface area contributed by atoms with E-state index in [0.717, 1.165) is 30.1 Å². The summed E-state index contributed by atoms with van der Waals surface area (Å²) < 4.78 is 18.8. The summed E-state index contributed by atoms with van der Waals surface area (Å²) >= 11 is 0. The number of benzene rings is 4. The van der Waals surface area contributed by atoms with Crippen LogP contribution in [0.15, 0.2) is 115 Å². The van der Waals surface area contributed by atoms with Crippen molar-refractivity contribution in [3.63, 3.8) is 0 Å². The number of methoxy groups -OCH3 is 3. The number of nitrogens with zero attached hydrogens (tertiary/aromatic N) is 1. The maximum Gasteiger partial charge on any atom is 0.212 e. The minimum absolute atomic E-state index is 0.886. The summed E-state index contributed by atoms with van der Waals surface area (Å²) in [7, 11) is 5.18. The van der Waals surface area contributed by atoms with Gasteiger partial charge in [-0.25, -0.2) is 0 Å². The largest absolute Gasteiger partial charge is 0.497 e. The van der Waals surface area contributed by atoms with Crippen molar-refractivity contribution in [2.75, 3.05) is 21.3 Å². The normalized spacial score (nSPS) is 11.2. The van der Waals surface area contributed by atoms with Crippen molar-refractivity contribution in [3.05, 3.63) is 115 Å². The number of aromatic nitrogens is 1. The summed E-state index contributed by atoms with van der Waals surface area (Å²) in [6.07, 6.45) is 17.9. The predicted molar refractivity (Wildman–Crippen MR) is 219 cm³/mol. The van der Waals surface area contributed by atoms with E-state index >= 15 is 0 Å². The van der Waals surface area contributed by atoms with Crippen LogP contribution in [-0.4, -0.2) is 27.5 Å². The fourth-order valence-electron chi connectivity index (χ4n) is 7.56. The van der Waals surface area contributed by atoms with Crippen LogP contribution in [-0.2, 0) is 6.54 Å². The fraction of sp³-hybridized carbons (Fsp3) is 0.413. The van der Waals surface area contributed by atoms with Gasteiger partial charge in [0.25, 0.3) is 0 Å². The van der Waals surface area contributed by atoms with E-state index in [4.69, 9.17) is 14.2 Å². The molecular weight excluding hydrogens is 625 g/mol. The Labute approximate surface area is 309 Å². The lowest BCUT2D eigenvalue weighted by Gasteiger charge is -2.43. The van der Waals surface area contributed by atoms with E-state index in [1.54, 1.807) is 21.3 Å². The van der Waals surface area contributed by atoms with Gasteiger partial charge in [-0.05, 0) is 48.5 Å². The first kappa shape index (κ1) is 39.5.